The number of hydrogen-bond acceptors (Lipinski definition) is 3. The smallest absolute Gasteiger partial charge is 0.124 e. The van der Waals surface area contributed by atoms with Crippen LogP contribution in [-0.4, -0.2) is 17.8 Å². The van der Waals surface area contributed by atoms with Gasteiger partial charge >= 0.3 is 0 Å². The molecule has 0 aliphatic rings. The van der Waals surface area contributed by atoms with Gasteiger partial charge in [-0.3, -0.25) is 0 Å². The third kappa shape index (κ3) is 6.22. The summed E-state index contributed by atoms with van der Waals surface area (Å²) in [5.41, 5.74) is 3.53. The summed E-state index contributed by atoms with van der Waals surface area (Å²) < 4.78 is 5.96. The third-order valence-electron chi connectivity index (χ3n) is 3.78. The molecule has 1 unspecified atom stereocenters. The van der Waals surface area contributed by atoms with E-state index in [-0.39, 0.29) is 25.1 Å². The zero-order chi connectivity index (χ0) is 15.8. The van der Waals surface area contributed by atoms with Crippen molar-refractivity contribution in [3.05, 3.63) is 65.2 Å². The minimum absolute atomic E-state index is 0. The van der Waals surface area contributed by atoms with Crippen LogP contribution in [0.25, 0.3) is 0 Å². The van der Waals surface area contributed by atoms with E-state index in [1.54, 1.807) is 0 Å². The van der Waals surface area contributed by atoms with Gasteiger partial charge in [0, 0.05) is 18.2 Å². The molecular formula is C19H26ClNO2. The topological polar surface area (TPSA) is 41.5 Å². The Kier molecular flexibility index (Phi) is 8.70. The van der Waals surface area contributed by atoms with E-state index in [9.17, 15) is 5.11 Å². The van der Waals surface area contributed by atoms with Crippen LogP contribution in [0.5, 0.6) is 5.75 Å². The molecule has 0 spiro atoms. The van der Waals surface area contributed by atoms with Crippen molar-refractivity contribution < 1.29 is 9.84 Å². The molecule has 2 aromatic carbocycles. The van der Waals surface area contributed by atoms with Crippen LogP contribution in [0.1, 0.15) is 30.0 Å². The fourth-order valence-corrected chi connectivity index (χ4v) is 2.23. The van der Waals surface area contributed by atoms with Crippen LogP contribution in [-0.2, 0) is 13.2 Å². The van der Waals surface area contributed by atoms with E-state index < -0.39 is 0 Å². The molecule has 0 saturated heterocycles. The highest BCUT2D eigenvalue weighted by Gasteiger charge is 2.07. The molecule has 3 nitrogen and oxygen atoms in total. The van der Waals surface area contributed by atoms with Crippen molar-refractivity contribution >= 4 is 12.4 Å². The molecule has 1 atom stereocenters. The Balaban J connectivity index is 0.00000264. The fourth-order valence-electron chi connectivity index (χ4n) is 2.23. The summed E-state index contributed by atoms with van der Waals surface area (Å²) in [6.45, 7) is 5.56. The molecule has 0 aliphatic heterocycles. The molecule has 23 heavy (non-hydrogen) atoms. The van der Waals surface area contributed by atoms with E-state index in [0.717, 1.165) is 23.3 Å². The van der Waals surface area contributed by atoms with Gasteiger partial charge < -0.3 is 15.2 Å². The van der Waals surface area contributed by atoms with Gasteiger partial charge in [-0.15, -0.1) is 12.4 Å². The SMILES string of the molecule is CCC(CO)NCc1ccccc1OCc1ccc(C)cc1.Cl. The average Bonchev–Trinajstić information content (AvgIpc) is 2.56. The number of rotatable bonds is 8. The summed E-state index contributed by atoms with van der Waals surface area (Å²) >= 11 is 0. The number of aliphatic hydroxyl groups excluding tert-OH is 1. The minimum atomic E-state index is 0. The van der Waals surface area contributed by atoms with Crippen molar-refractivity contribution in [3.63, 3.8) is 0 Å². The number of aliphatic hydroxyl groups is 1. The van der Waals surface area contributed by atoms with E-state index in [1.807, 2.05) is 18.2 Å². The maximum Gasteiger partial charge on any atom is 0.124 e. The molecule has 0 aromatic heterocycles. The molecule has 2 N–H and O–H groups in total. The summed E-state index contributed by atoms with van der Waals surface area (Å²) in [6.07, 6.45) is 0.906. The van der Waals surface area contributed by atoms with Gasteiger partial charge in [0.1, 0.15) is 12.4 Å². The zero-order valence-corrected chi connectivity index (χ0v) is 14.6. The van der Waals surface area contributed by atoms with E-state index in [1.165, 1.54) is 5.56 Å². The lowest BCUT2D eigenvalue weighted by molar-refractivity contribution is 0.237. The lowest BCUT2D eigenvalue weighted by Gasteiger charge is -2.16. The van der Waals surface area contributed by atoms with Crippen LogP contribution in [0.2, 0.25) is 0 Å². The quantitative estimate of drug-likeness (QED) is 0.769. The highest BCUT2D eigenvalue weighted by atomic mass is 35.5. The summed E-state index contributed by atoms with van der Waals surface area (Å²) in [7, 11) is 0. The Morgan fingerprint density at radius 1 is 1.09 bits per heavy atom. The number of para-hydroxylation sites is 1. The number of benzene rings is 2. The summed E-state index contributed by atoms with van der Waals surface area (Å²) in [5, 5.41) is 12.6. The normalized spacial score (nSPS) is 11.6. The first-order valence-corrected chi connectivity index (χ1v) is 7.83. The number of halogens is 1. The Morgan fingerprint density at radius 3 is 2.43 bits per heavy atom. The van der Waals surface area contributed by atoms with Gasteiger partial charge in [0.25, 0.3) is 0 Å². The predicted octanol–water partition coefficient (Wildman–Crippen LogP) is 3.86. The van der Waals surface area contributed by atoms with E-state index >= 15 is 0 Å². The second kappa shape index (κ2) is 10.3. The molecule has 126 valence electrons. The van der Waals surface area contributed by atoms with Crippen LogP contribution in [0.3, 0.4) is 0 Å². The second-order valence-corrected chi connectivity index (χ2v) is 5.55. The lowest BCUT2D eigenvalue weighted by atomic mass is 10.1. The van der Waals surface area contributed by atoms with Gasteiger partial charge in [-0.25, -0.2) is 0 Å². The molecule has 0 radical (unpaired) electrons. The first-order chi connectivity index (χ1) is 10.7. The second-order valence-electron chi connectivity index (χ2n) is 5.55. The molecule has 0 heterocycles. The maximum atomic E-state index is 9.25. The fraction of sp³-hybridized carbons (Fsp3) is 0.368. The van der Waals surface area contributed by atoms with Crippen molar-refractivity contribution in [1.29, 1.82) is 0 Å². The number of hydrogen-bond donors (Lipinski definition) is 2. The van der Waals surface area contributed by atoms with E-state index in [4.69, 9.17) is 4.74 Å². The van der Waals surface area contributed by atoms with Crippen molar-refractivity contribution in [2.45, 2.75) is 39.5 Å². The number of nitrogens with one attached hydrogen (secondary N) is 1. The predicted molar refractivity (Wildman–Crippen MR) is 97.2 cm³/mol. The van der Waals surface area contributed by atoms with Gasteiger partial charge in [0.15, 0.2) is 0 Å². The molecule has 2 rings (SSSR count). The highest BCUT2D eigenvalue weighted by Crippen LogP contribution is 2.19. The number of ether oxygens (including phenoxy) is 1. The molecule has 0 aliphatic carbocycles. The van der Waals surface area contributed by atoms with Crippen LogP contribution in [0.15, 0.2) is 48.5 Å². The lowest BCUT2D eigenvalue weighted by Crippen LogP contribution is -2.31. The van der Waals surface area contributed by atoms with Crippen molar-refractivity contribution in [1.82, 2.24) is 5.32 Å². The zero-order valence-electron chi connectivity index (χ0n) is 13.8. The van der Waals surface area contributed by atoms with Gasteiger partial charge in [-0.05, 0) is 25.0 Å². The first-order valence-electron chi connectivity index (χ1n) is 7.83. The van der Waals surface area contributed by atoms with Crippen LogP contribution in [0.4, 0.5) is 0 Å². The van der Waals surface area contributed by atoms with Crippen LogP contribution < -0.4 is 10.1 Å². The number of aryl methyl sites for hydroxylation is 1. The van der Waals surface area contributed by atoms with Crippen LogP contribution >= 0.6 is 12.4 Å². The Labute approximate surface area is 145 Å². The molecule has 4 heteroatoms. The van der Waals surface area contributed by atoms with Crippen molar-refractivity contribution in [2.75, 3.05) is 6.61 Å². The Morgan fingerprint density at radius 2 is 1.78 bits per heavy atom. The van der Waals surface area contributed by atoms with Gasteiger partial charge in [0.05, 0.1) is 6.61 Å². The molecule has 0 fully saturated rings. The van der Waals surface area contributed by atoms with Gasteiger partial charge in [-0.1, -0.05) is 55.0 Å². The van der Waals surface area contributed by atoms with Crippen molar-refractivity contribution in [2.24, 2.45) is 0 Å². The summed E-state index contributed by atoms with van der Waals surface area (Å²) in [6, 6.07) is 16.5. The van der Waals surface area contributed by atoms with Gasteiger partial charge in [0.2, 0.25) is 0 Å². The molecule has 0 bridgehead atoms. The Bertz CT molecular complexity index is 568. The monoisotopic (exact) mass is 335 g/mol. The summed E-state index contributed by atoms with van der Waals surface area (Å²) in [5.74, 6) is 0.892. The standard InChI is InChI=1S/C19H25NO2.ClH/c1-3-18(13-21)20-12-17-6-4-5-7-19(17)22-14-16-10-8-15(2)9-11-16;/h4-11,18,20-21H,3,12-14H2,1-2H3;1H. The van der Waals surface area contributed by atoms with E-state index in [2.05, 4.69) is 49.5 Å². The molecular weight excluding hydrogens is 310 g/mol. The molecule has 0 amide bonds. The molecule has 2 aromatic rings. The average molecular weight is 336 g/mol. The van der Waals surface area contributed by atoms with Crippen molar-refractivity contribution in [3.8, 4) is 5.75 Å². The highest BCUT2D eigenvalue weighted by molar-refractivity contribution is 5.85. The minimum Gasteiger partial charge on any atom is -0.489 e. The Hall–Kier alpha value is -1.55. The van der Waals surface area contributed by atoms with E-state index in [0.29, 0.717) is 13.2 Å². The maximum absolute atomic E-state index is 9.25. The first kappa shape index (κ1) is 19.5. The van der Waals surface area contributed by atoms with Gasteiger partial charge in [-0.2, -0.15) is 0 Å². The molecule has 0 saturated carbocycles. The third-order valence-corrected chi connectivity index (χ3v) is 3.78. The van der Waals surface area contributed by atoms with Crippen LogP contribution in [0, 0.1) is 6.92 Å². The largest absolute Gasteiger partial charge is 0.489 e. The summed E-state index contributed by atoms with van der Waals surface area (Å²) in [4.78, 5) is 0.